The lowest BCUT2D eigenvalue weighted by molar-refractivity contribution is 0.601. The van der Waals surface area contributed by atoms with E-state index in [0.29, 0.717) is 0 Å². The van der Waals surface area contributed by atoms with Crippen molar-refractivity contribution in [3.05, 3.63) is 31.3 Å². The van der Waals surface area contributed by atoms with E-state index in [2.05, 4.69) is 64.4 Å². The van der Waals surface area contributed by atoms with Crippen LogP contribution in [0.1, 0.15) is 31.0 Å². The summed E-state index contributed by atoms with van der Waals surface area (Å²) in [7, 11) is 0. The predicted octanol–water partition coefficient (Wildman–Crippen LogP) is 3.42. The molecule has 0 radical (unpaired) electrons. The highest BCUT2D eigenvalue weighted by molar-refractivity contribution is 14.1. The number of halogens is 1. The number of hydrazine groups is 1. The van der Waals surface area contributed by atoms with Crippen LogP contribution in [0.4, 0.5) is 0 Å². The number of nitrogens with zero attached hydrogens (tertiary/aromatic N) is 1. The van der Waals surface area contributed by atoms with Crippen LogP contribution in [0.15, 0.2) is 20.6 Å². The Bertz CT molecular complexity index is 419. The third kappa shape index (κ3) is 5.29. The Labute approximate surface area is 120 Å². The lowest BCUT2D eigenvalue weighted by Crippen LogP contribution is -2.35. The molecule has 0 aromatic carbocycles. The number of rotatable bonds is 5. The first kappa shape index (κ1) is 14.8. The van der Waals surface area contributed by atoms with Crippen molar-refractivity contribution in [2.24, 2.45) is 5.84 Å². The SMILES string of the molecule is C/C(I)=C/C[C@H](NN)/C(C)=C/c1csc(C)n1. The van der Waals surface area contributed by atoms with Gasteiger partial charge in [0.05, 0.1) is 10.7 Å². The minimum Gasteiger partial charge on any atom is -0.271 e. The fourth-order valence-corrected chi connectivity index (χ4v) is 2.27. The number of thiazole rings is 1. The Kier molecular flexibility index (Phi) is 6.32. The lowest BCUT2D eigenvalue weighted by atomic mass is 10.1. The molecule has 0 aliphatic carbocycles. The summed E-state index contributed by atoms with van der Waals surface area (Å²) in [6, 6.07) is 0.168. The molecule has 1 aromatic rings. The first-order chi connectivity index (χ1) is 8.02. The minimum absolute atomic E-state index is 0.168. The zero-order valence-electron chi connectivity index (χ0n) is 10.3. The maximum atomic E-state index is 5.58. The second-order valence-corrected chi connectivity index (χ2v) is 6.69. The van der Waals surface area contributed by atoms with Crippen LogP contribution in [0.2, 0.25) is 0 Å². The van der Waals surface area contributed by atoms with Crippen molar-refractivity contribution in [2.45, 2.75) is 33.2 Å². The number of nitrogens with two attached hydrogens (primary N) is 1. The first-order valence-corrected chi connectivity index (χ1v) is 7.37. The highest BCUT2D eigenvalue weighted by atomic mass is 127. The van der Waals surface area contributed by atoms with Gasteiger partial charge in [-0.3, -0.25) is 11.3 Å². The fourth-order valence-electron chi connectivity index (χ4n) is 1.45. The van der Waals surface area contributed by atoms with Crippen LogP contribution in [0.25, 0.3) is 6.08 Å². The smallest absolute Gasteiger partial charge is 0.0901 e. The fraction of sp³-hybridized carbons (Fsp3) is 0.417. The summed E-state index contributed by atoms with van der Waals surface area (Å²) in [6.45, 7) is 6.17. The van der Waals surface area contributed by atoms with Gasteiger partial charge in [0.2, 0.25) is 0 Å². The molecular formula is C12H18IN3S. The van der Waals surface area contributed by atoms with Gasteiger partial charge in [0.15, 0.2) is 0 Å². The third-order valence-corrected chi connectivity index (χ3v) is 3.63. The van der Waals surface area contributed by atoms with Crippen molar-refractivity contribution in [1.29, 1.82) is 0 Å². The van der Waals surface area contributed by atoms with Crippen molar-refractivity contribution in [1.82, 2.24) is 10.4 Å². The zero-order valence-corrected chi connectivity index (χ0v) is 13.3. The second kappa shape index (κ2) is 7.25. The van der Waals surface area contributed by atoms with E-state index < -0.39 is 0 Å². The second-order valence-electron chi connectivity index (χ2n) is 3.93. The number of allylic oxidation sites excluding steroid dienone is 1. The van der Waals surface area contributed by atoms with Crippen molar-refractivity contribution < 1.29 is 0 Å². The number of hydrogen-bond donors (Lipinski definition) is 2. The molecule has 17 heavy (non-hydrogen) atoms. The molecule has 0 saturated carbocycles. The van der Waals surface area contributed by atoms with Crippen molar-refractivity contribution >= 4 is 40.0 Å². The lowest BCUT2D eigenvalue weighted by Gasteiger charge is -2.14. The van der Waals surface area contributed by atoms with Gasteiger partial charge >= 0.3 is 0 Å². The van der Waals surface area contributed by atoms with Crippen LogP contribution >= 0.6 is 33.9 Å². The molecule has 5 heteroatoms. The van der Waals surface area contributed by atoms with E-state index in [9.17, 15) is 0 Å². The van der Waals surface area contributed by atoms with E-state index in [1.54, 1.807) is 11.3 Å². The van der Waals surface area contributed by atoms with Gasteiger partial charge in [-0.05, 0) is 59.4 Å². The largest absolute Gasteiger partial charge is 0.271 e. The van der Waals surface area contributed by atoms with E-state index in [4.69, 9.17) is 5.84 Å². The maximum Gasteiger partial charge on any atom is 0.0901 e. The normalized spacial score (nSPS) is 15.1. The average molecular weight is 363 g/mol. The summed E-state index contributed by atoms with van der Waals surface area (Å²) in [6.07, 6.45) is 5.16. The zero-order chi connectivity index (χ0) is 12.8. The van der Waals surface area contributed by atoms with E-state index >= 15 is 0 Å². The molecule has 0 saturated heterocycles. The highest BCUT2D eigenvalue weighted by Crippen LogP contribution is 2.16. The van der Waals surface area contributed by atoms with Gasteiger partial charge in [0.1, 0.15) is 0 Å². The molecule has 0 fully saturated rings. The van der Waals surface area contributed by atoms with Crippen LogP contribution < -0.4 is 11.3 Å². The Morgan fingerprint density at radius 1 is 1.65 bits per heavy atom. The summed E-state index contributed by atoms with van der Waals surface area (Å²) in [5, 5.41) is 3.15. The summed E-state index contributed by atoms with van der Waals surface area (Å²) in [5.74, 6) is 5.58. The van der Waals surface area contributed by atoms with Gasteiger partial charge in [-0.15, -0.1) is 11.3 Å². The van der Waals surface area contributed by atoms with E-state index in [0.717, 1.165) is 17.1 Å². The standard InChI is InChI=1S/C12H18IN3S/c1-8(6-11-7-17-10(3)15-11)12(16-14)5-4-9(2)13/h4,6-7,12,16H,5,14H2,1-3H3/b8-6+,9-4-/t12-/m0/s1. The molecule has 0 aliphatic heterocycles. The molecule has 3 nitrogen and oxygen atoms in total. The molecule has 3 N–H and O–H groups in total. The molecule has 0 unspecified atom stereocenters. The van der Waals surface area contributed by atoms with E-state index in [1.807, 2.05) is 6.92 Å². The molecule has 0 bridgehead atoms. The quantitative estimate of drug-likeness (QED) is 0.479. The number of hydrogen-bond acceptors (Lipinski definition) is 4. The Morgan fingerprint density at radius 2 is 2.35 bits per heavy atom. The minimum atomic E-state index is 0.168. The van der Waals surface area contributed by atoms with Gasteiger partial charge in [0, 0.05) is 11.4 Å². The molecular weight excluding hydrogens is 345 g/mol. The Hall–Kier alpha value is -0.240. The topological polar surface area (TPSA) is 50.9 Å². The summed E-state index contributed by atoms with van der Waals surface area (Å²) in [5.41, 5.74) is 5.06. The van der Waals surface area contributed by atoms with Gasteiger partial charge in [-0.1, -0.05) is 11.6 Å². The average Bonchev–Trinajstić information content (AvgIpc) is 2.64. The number of aryl methyl sites for hydroxylation is 1. The molecule has 94 valence electrons. The predicted molar refractivity (Wildman–Crippen MR) is 84.0 cm³/mol. The van der Waals surface area contributed by atoms with Crippen molar-refractivity contribution in [2.75, 3.05) is 0 Å². The Morgan fingerprint density at radius 3 is 2.82 bits per heavy atom. The van der Waals surface area contributed by atoms with Gasteiger partial charge < -0.3 is 0 Å². The van der Waals surface area contributed by atoms with Crippen LogP contribution in [-0.2, 0) is 0 Å². The van der Waals surface area contributed by atoms with Crippen LogP contribution in [0, 0.1) is 6.92 Å². The summed E-state index contributed by atoms with van der Waals surface area (Å²) < 4.78 is 1.28. The molecule has 1 rings (SSSR count). The van der Waals surface area contributed by atoms with Crippen molar-refractivity contribution in [3.8, 4) is 0 Å². The van der Waals surface area contributed by atoms with Crippen LogP contribution in [0.3, 0.4) is 0 Å². The molecule has 1 atom stereocenters. The van der Waals surface area contributed by atoms with Gasteiger partial charge in [-0.25, -0.2) is 4.98 Å². The monoisotopic (exact) mass is 363 g/mol. The van der Waals surface area contributed by atoms with E-state index in [-0.39, 0.29) is 6.04 Å². The number of nitrogens with one attached hydrogen (secondary N) is 1. The first-order valence-electron chi connectivity index (χ1n) is 5.41. The maximum absolute atomic E-state index is 5.58. The van der Waals surface area contributed by atoms with Crippen LogP contribution in [0.5, 0.6) is 0 Å². The molecule has 1 heterocycles. The van der Waals surface area contributed by atoms with Gasteiger partial charge in [0.25, 0.3) is 0 Å². The summed E-state index contributed by atoms with van der Waals surface area (Å²) in [4.78, 5) is 4.42. The van der Waals surface area contributed by atoms with Gasteiger partial charge in [-0.2, -0.15) is 0 Å². The molecule has 0 spiro atoms. The Balaban J connectivity index is 2.74. The third-order valence-electron chi connectivity index (χ3n) is 2.40. The number of aromatic nitrogens is 1. The van der Waals surface area contributed by atoms with Crippen LogP contribution in [-0.4, -0.2) is 11.0 Å². The van der Waals surface area contributed by atoms with Crippen molar-refractivity contribution in [3.63, 3.8) is 0 Å². The summed E-state index contributed by atoms with van der Waals surface area (Å²) >= 11 is 3.97. The highest BCUT2D eigenvalue weighted by Gasteiger charge is 2.07. The molecule has 0 amide bonds. The molecule has 0 aliphatic rings. The molecule has 1 aromatic heterocycles. The van der Waals surface area contributed by atoms with E-state index in [1.165, 1.54) is 9.15 Å².